The Morgan fingerprint density at radius 3 is 1.85 bits per heavy atom. The molecule has 0 N–H and O–H groups in total. The van der Waals surface area contributed by atoms with Gasteiger partial charge in [0.2, 0.25) is 6.79 Å². The topological polar surface area (TPSA) is 97.4 Å². The molecule has 1 atom stereocenters. The quantitative estimate of drug-likeness (QED) is 0.205. The van der Waals surface area contributed by atoms with Crippen molar-refractivity contribution in [2.24, 2.45) is 0 Å². The van der Waals surface area contributed by atoms with E-state index < -0.39 is 37.8 Å². The molecule has 1 unspecified atom stereocenters. The first-order chi connectivity index (χ1) is 15.8. The van der Waals surface area contributed by atoms with Crippen molar-refractivity contribution in [2.75, 3.05) is 6.79 Å². The maximum absolute atomic E-state index is 13.2. The van der Waals surface area contributed by atoms with Crippen molar-refractivity contribution in [1.29, 1.82) is 0 Å². The van der Waals surface area contributed by atoms with Gasteiger partial charge in [-0.2, -0.15) is 0 Å². The molecule has 2 rings (SSSR count). The van der Waals surface area contributed by atoms with E-state index in [1.807, 2.05) is 37.3 Å². The molecule has 0 saturated heterocycles. The Kier molecular flexibility index (Phi) is 9.59. The van der Waals surface area contributed by atoms with Crippen LogP contribution in [0.15, 0.2) is 54.6 Å². The highest BCUT2D eigenvalue weighted by Crippen LogP contribution is 2.55. The smallest absolute Gasteiger partial charge is 0.457 e. The zero-order valence-corrected chi connectivity index (χ0v) is 21.4. The Morgan fingerprint density at radius 2 is 1.32 bits per heavy atom. The Bertz CT molecular complexity index is 1010. The number of carbonyl (C=O) groups is 2. The van der Waals surface area contributed by atoms with Crippen LogP contribution < -0.4 is 0 Å². The van der Waals surface area contributed by atoms with E-state index in [1.54, 1.807) is 46.8 Å². The number of hydrogen-bond acceptors (Lipinski definition) is 8. The molecule has 9 heteroatoms. The first-order valence-corrected chi connectivity index (χ1v) is 12.4. The van der Waals surface area contributed by atoms with Crippen molar-refractivity contribution in [3.8, 4) is 0 Å². The third kappa shape index (κ3) is 9.03. The molecule has 0 heterocycles. The molecule has 0 bridgehead atoms. The summed E-state index contributed by atoms with van der Waals surface area (Å²) in [4.78, 5) is 25.3. The van der Waals surface area contributed by atoms with Crippen LogP contribution in [0.25, 0.3) is 0 Å². The summed E-state index contributed by atoms with van der Waals surface area (Å²) >= 11 is 0. The summed E-state index contributed by atoms with van der Waals surface area (Å²) in [6, 6.07) is 15.3. The number of esters is 2. The first kappa shape index (κ1) is 27.7. The van der Waals surface area contributed by atoms with Gasteiger partial charge in [0.25, 0.3) is 0 Å². The maximum Gasteiger partial charge on any atom is 0.478 e. The Labute approximate surface area is 201 Å². The van der Waals surface area contributed by atoms with Gasteiger partial charge in [-0.05, 0) is 58.7 Å². The van der Waals surface area contributed by atoms with Gasteiger partial charge in [-0.1, -0.05) is 49.4 Å². The van der Waals surface area contributed by atoms with Crippen molar-refractivity contribution in [2.45, 2.75) is 65.8 Å². The summed E-state index contributed by atoms with van der Waals surface area (Å²) < 4.78 is 40.1. The zero-order valence-electron chi connectivity index (χ0n) is 20.5. The molecule has 8 nitrogen and oxygen atoms in total. The van der Waals surface area contributed by atoms with Crippen molar-refractivity contribution in [1.82, 2.24) is 0 Å². The molecule has 2 aromatic rings. The van der Waals surface area contributed by atoms with Crippen LogP contribution >= 0.6 is 7.82 Å². The van der Waals surface area contributed by atoms with Crippen LogP contribution in [0.1, 0.15) is 74.2 Å². The molecule has 0 spiro atoms. The standard InChI is InChI=1S/C25H33O8P/c1-7-25(5,6)33-34(28,32-24(2,3)4)31-18-30-23(27)21-16-12-11-15-20(21)22(26)29-17-19-13-9-8-10-14-19/h8-16H,7,17-18H2,1-6H3. The van der Waals surface area contributed by atoms with Crippen LogP contribution in [0.5, 0.6) is 0 Å². The van der Waals surface area contributed by atoms with E-state index in [2.05, 4.69) is 0 Å². The van der Waals surface area contributed by atoms with Crippen LogP contribution in [0.4, 0.5) is 0 Å². The number of ether oxygens (including phenoxy) is 2. The van der Waals surface area contributed by atoms with E-state index in [-0.39, 0.29) is 17.7 Å². The summed E-state index contributed by atoms with van der Waals surface area (Å²) in [5.41, 5.74) is -0.779. The minimum absolute atomic E-state index is 0.00876. The number of benzene rings is 2. The van der Waals surface area contributed by atoms with Crippen LogP contribution in [0, 0.1) is 0 Å². The fraction of sp³-hybridized carbons (Fsp3) is 0.440. The fourth-order valence-corrected chi connectivity index (χ4v) is 4.37. The van der Waals surface area contributed by atoms with Crippen LogP contribution in [0.2, 0.25) is 0 Å². The van der Waals surface area contributed by atoms with Crippen LogP contribution in [-0.4, -0.2) is 29.9 Å². The molecular formula is C25H33O8P. The SMILES string of the molecule is CCC(C)(C)OP(=O)(OCOC(=O)c1ccccc1C(=O)OCc1ccccc1)OC(C)(C)C. The van der Waals surface area contributed by atoms with Gasteiger partial charge < -0.3 is 9.47 Å². The molecule has 0 fully saturated rings. The molecule has 0 aromatic heterocycles. The molecule has 0 amide bonds. The second-order valence-corrected chi connectivity index (χ2v) is 10.7. The van der Waals surface area contributed by atoms with Gasteiger partial charge in [-0.15, -0.1) is 0 Å². The van der Waals surface area contributed by atoms with E-state index in [9.17, 15) is 14.2 Å². The van der Waals surface area contributed by atoms with Crippen molar-refractivity contribution >= 4 is 19.8 Å². The highest BCUT2D eigenvalue weighted by molar-refractivity contribution is 7.48. The fourth-order valence-electron chi connectivity index (χ4n) is 2.64. The molecule has 0 aliphatic carbocycles. The molecule has 0 saturated carbocycles. The summed E-state index contributed by atoms with van der Waals surface area (Å²) in [5, 5.41) is 0. The molecule has 0 aliphatic rings. The first-order valence-electron chi connectivity index (χ1n) is 11.0. The number of carbonyl (C=O) groups excluding carboxylic acids is 2. The zero-order chi connectivity index (χ0) is 25.4. The van der Waals surface area contributed by atoms with Crippen molar-refractivity contribution in [3.63, 3.8) is 0 Å². The number of phosphoric ester groups is 1. The minimum atomic E-state index is -4.07. The Balaban J connectivity index is 2.06. The third-order valence-corrected chi connectivity index (χ3v) is 6.49. The molecule has 0 radical (unpaired) electrons. The second-order valence-electron chi connectivity index (χ2n) is 9.14. The molecule has 0 aliphatic heterocycles. The Morgan fingerprint density at radius 1 is 0.794 bits per heavy atom. The van der Waals surface area contributed by atoms with Gasteiger partial charge in [-0.3, -0.25) is 9.05 Å². The monoisotopic (exact) mass is 492 g/mol. The average molecular weight is 493 g/mol. The number of rotatable bonds is 11. The van der Waals surface area contributed by atoms with Gasteiger partial charge in [-0.25, -0.2) is 18.7 Å². The lowest BCUT2D eigenvalue weighted by atomic mass is 10.1. The van der Waals surface area contributed by atoms with Gasteiger partial charge in [0.1, 0.15) is 6.61 Å². The number of hydrogen-bond donors (Lipinski definition) is 0. The van der Waals surface area contributed by atoms with Gasteiger partial charge >= 0.3 is 19.8 Å². The van der Waals surface area contributed by atoms with Gasteiger partial charge in [0.05, 0.1) is 22.3 Å². The van der Waals surface area contributed by atoms with E-state index in [1.165, 1.54) is 12.1 Å². The normalized spacial score (nSPS) is 13.7. The average Bonchev–Trinajstić information content (AvgIpc) is 2.76. The van der Waals surface area contributed by atoms with Crippen LogP contribution in [-0.2, 0) is 34.2 Å². The molecule has 2 aromatic carbocycles. The second kappa shape index (κ2) is 11.8. The molecule has 186 valence electrons. The summed E-state index contributed by atoms with van der Waals surface area (Å²) in [5.74, 6) is -1.52. The van der Waals surface area contributed by atoms with E-state index >= 15 is 0 Å². The largest absolute Gasteiger partial charge is 0.478 e. The van der Waals surface area contributed by atoms with E-state index in [0.717, 1.165) is 5.56 Å². The Hall–Kier alpha value is -2.51. The van der Waals surface area contributed by atoms with Crippen molar-refractivity contribution in [3.05, 3.63) is 71.3 Å². The van der Waals surface area contributed by atoms with Gasteiger partial charge in [0, 0.05) is 0 Å². The lowest BCUT2D eigenvalue weighted by molar-refractivity contribution is -0.0398. The highest BCUT2D eigenvalue weighted by atomic mass is 31.2. The van der Waals surface area contributed by atoms with Crippen LogP contribution in [0.3, 0.4) is 0 Å². The maximum atomic E-state index is 13.2. The lowest BCUT2D eigenvalue weighted by Crippen LogP contribution is -2.27. The highest BCUT2D eigenvalue weighted by Gasteiger charge is 2.38. The van der Waals surface area contributed by atoms with Gasteiger partial charge in [0.15, 0.2) is 0 Å². The van der Waals surface area contributed by atoms with E-state index in [4.69, 9.17) is 23.0 Å². The predicted octanol–water partition coefficient (Wildman–Crippen LogP) is 6.30. The predicted molar refractivity (Wildman–Crippen MR) is 127 cm³/mol. The number of phosphoric acid groups is 1. The summed E-state index contributed by atoms with van der Waals surface area (Å²) in [6.45, 7) is 9.84. The molecule has 34 heavy (non-hydrogen) atoms. The lowest BCUT2D eigenvalue weighted by Gasteiger charge is -2.32. The minimum Gasteiger partial charge on any atom is -0.457 e. The summed E-state index contributed by atoms with van der Waals surface area (Å²) in [6.07, 6.45) is 0.548. The summed E-state index contributed by atoms with van der Waals surface area (Å²) in [7, 11) is -4.07. The molecular weight excluding hydrogens is 459 g/mol. The van der Waals surface area contributed by atoms with E-state index in [0.29, 0.717) is 6.42 Å². The third-order valence-electron chi connectivity index (χ3n) is 4.58. The van der Waals surface area contributed by atoms with Crippen molar-refractivity contribution < 1.29 is 37.2 Å².